The van der Waals surface area contributed by atoms with E-state index in [-0.39, 0.29) is 5.54 Å². The van der Waals surface area contributed by atoms with Crippen LogP contribution in [0.4, 0.5) is 0 Å². The maximum absolute atomic E-state index is 5.78. The van der Waals surface area contributed by atoms with Gasteiger partial charge in [-0.25, -0.2) is 0 Å². The van der Waals surface area contributed by atoms with Crippen LogP contribution in [-0.2, 0) is 6.42 Å². The monoisotopic (exact) mass is 139 g/mol. The van der Waals surface area contributed by atoms with Gasteiger partial charge in [0.2, 0.25) is 0 Å². The minimum absolute atomic E-state index is 0.135. The molecule has 56 valence electrons. The average molecular weight is 139 g/mol. The largest absolute Gasteiger partial charge is 0.472 e. The first-order valence-corrected chi connectivity index (χ1v) is 3.38. The Morgan fingerprint density at radius 3 is 2.70 bits per heavy atom. The molecular weight excluding hydrogens is 126 g/mol. The molecule has 1 aromatic rings. The molecule has 0 fully saturated rings. The minimum Gasteiger partial charge on any atom is -0.472 e. The van der Waals surface area contributed by atoms with Gasteiger partial charge in [-0.05, 0) is 31.9 Å². The van der Waals surface area contributed by atoms with Gasteiger partial charge in [0.1, 0.15) is 0 Å². The van der Waals surface area contributed by atoms with E-state index in [1.807, 2.05) is 19.9 Å². The Morgan fingerprint density at radius 1 is 1.60 bits per heavy atom. The van der Waals surface area contributed by atoms with Crippen LogP contribution in [0.3, 0.4) is 0 Å². The molecule has 0 aliphatic heterocycles. The van der Waals surface area contributed by atoms with E-state index in [0.29, 0.717) is 0 Å². The molecule has 1 heterocycles. The number of hydrogen-bond acceptors (Lipinski definition) is 2. The quantitative estimate of drug-likeness (QED) is 0.675. The van der Waals surface area contributed by atoms with Crippen LogP contribution in [0.5, 0.6) is 0 Å². The highest BCUT2D eigenvalue weighted by molar-refractivity contribution is 5.08. The number of furan rings is 1. The second kappa shape index (κ2) is 2.46. The highest BCUT2D eigenvalue weighted by Gasteiger charge is 2.11. The average Bonchev–Trinajstić information content (AvgIpc) is 2.12. The van der Waals surface area contributed by atoms with E-state index in [4.69, 9.17) is 10.2 Å². The van der Waals surface area contributed by atoms with Gasteiger partial charge in [0, 0.05) is 5.54 Å². The molecule has 0 radical (unpaired) electrons. The summed E-state index contributed by atoms with van der Waals surface area (Å²) in [5.74, 6) is 0. The van der Waals surface area contributed by atoms with E-state index in [1.165, 1.54) is 0 Å². The molecule has 2 nitrogen and oxygen atoms in total. The van der Waals surface area contributed by atoms with Crippen LogP contribution >= 0.6 is 0 Å². The fraction of sp³-hybridized carbons (Fsp3) is 0.500. The van der Waals surface area contributed by atoms with Gasteiger partial charge in [-0.15, -0.1) is 0 Å². The second-order valence-electron chi connectivity index (χ2n) is 3.30. The third kappa shape index (κ3) is 2.23. The molecule has 1 rings (SSSR count). The summed E-state index contributed by atoms with van der Waals surface area (Å²) in [6, 6.07) is 1.94. The summed E-state index contributed by atoms with van der Waals surface area (Å²) >= 11 is 0. The third-order valence-corrected chi connectivity index (χ3v) is 1.24. The summed E-state index contributed by atoms with van der Waals surface area (Å²) in [4.78, 5) is 0. The fourth-order valence-corrected chi connectivity index (χ4v) is 0.919. The molecule has 2 N–H and O–H groups in total. The number of nitrogens with two attached hydrogens (primary N) is 1. The van der Waals surface area contributed by atoms with Crippen molar-refractivity contribution in [1.29, 1.82) is 0 Å². The SMILES string of the molecule is CC(C)(N)Cc1ccoc1. The summed E-state index contributed by atoms with van der Waals surface area (Å²) < 4.78 is 4.90. The van der Waals surface area contributed by atoms with Crippen LogP contribution in [0.1, 0.15) is 19.4 Å². The normalized spacial score (nSPS) is 11.9. The molecule has 0 unspecified atom stereocenters. The molecule has 2 heteroatoms. The van der Waals surface area contributed by atoms with Crippen molar-refractivity contribution in [2.45, 2.75) is 25.8 Å². The van der Waals surface area contributed by atoms with Gasteiger partial charge in [0.05, 0.1) is 12.5 Å². The Balaban J connectivity index is 2.57. The van der Waals surface area contributed by atoms with E-state index >= 15 is 0 Å². The maximum atomic E-state index is 5.78. The van der Waals surface area contributed by atoms with E-state index < -0.39 is 0 Å². The molecule has 0 spiro atoms. The van der Waals surface area contributed by atoms with Crippen molar-refractivity contribution in [2.24, 2.45) is 5.73 Å². The van der Waals surface area contributed by atoms with Gasteiger partial charge in [-0.3, -0.25) is 0 Å². The van der Waals surface area contributed by atoms with Crippen molar-refractivity contribution in [3.8, 4) is 0 Å². The number of rotatable bonds is 2. The fourth-order valence-electron chi connectivity index (χ4n) is 0.919. The van der Waals surface area contributed by atoms with Gasteiger partial charge in [0.15, 0.2) is 0 Å². The van der Waals surface area contributed by atoms with Gasteiger partial charge in [0.25, 0.3) is 0 Å². The summed E-state index contributed by atoms with van der Waals surface area (Å²) in [5, 5.41) is 0. The molecule has 0 aliphatic rings. The van der Waals surface area contributed by atoms with E-state index in [0.717, 1.165) is 12.0 Å². The summed E-state index contributed by atoms with van der Waals surface area (Å²) in [6.07, 6.45) is 4.26. The van der Waals surface area contributed by atoms with Crippen molar-refractivity contribution >= 4 is 0 Å². The van der Waals surface area contributed by atoms with Crippen molar-refractivity contribution in [2.75, 3.05) is 0 Å². The highest BCUT2D eigenvalue weighted by Crippen LogP contribution is 2.09. The highest BCUT2D eigenvalue weighted by atomic mass is 16.3. The van der Waals surface area contributed by atoms with Crippen molar-refractivity contribution in [3.63, 3.8) is 0 Å². The van der Waals surface area contributed by atoms with Crippen LogP contribution < -0.4 is 5.73 Å². The lowest BCUT2D eigenvalue weighted by Gasteiger charge is -2.16. The molecule has 0 bridgehead atoms. The van der Waals surface area contributed by atoms with Crippen molar-refractivity contribution in [3.05, 3.63) is 24.2 Å². The van der Waals surface area contributed by atoms with Gasteiger partial charge in [-0.1, -0.05) is 0 Å². The second-order valence-corrected chi connectivity index (χ2v) is 3.30. The molecule has 0 atom stereocenters. The minimum atomic E-state index is -0.135. The Labute approximate surface area is 61.0 Å². The molecule has 10 heavy (non-hydrogen) atoms. The molecule has 0 amide bonds. The zero-order valence-corrected chi connectivity index (χ0v) is 6.42. The first-order chi connectivity index (χ1) is 4.58. The Bertz CT molecular complexity index is 184. The van der Waals surface area contributed by atoms with Crippen LogP contribution in [-0.4, -0.2) is 5.54 Å². The van der Waals surface area contributed by atoms with Crippen LogP contribution in [0.25, 0.3) is 0 Å². The molecule has 0 aromatic carbocycles. The third-order valence-electron chi connectivity index (χ3n) is 1.24. The smallest absolute Gasteiger partial charge is 0.0935 e. The van der Waals surface area contributed by atoms with Crippen molar-refractivity contribution in [1.82, 2.24) is 0 Å². The molecule has 0 saturated carbocycles. The Morgan fingerprint density at radius 2 is 2.30 bits per heavy atom. The van der Waals surface area contributed by atoms with Crippen LogP contribution in [0, 0.1) is 0 Å². The molecule has 0 saturated heterocycles. The molecule has 0 aliphatic carbocycles. The van der Waals surface area contributed by atoms with E-state index in [9.17, 15) is 0 Å². The standard InChI is InChI=1S/C8H13NO/c1-8(2,9)5-7-3-4-10-6-7/h3-4,6H,5,9H2,1-2H3. The van der Waals surface area contributed by atoms with E-state index in [2.05, 4.69) is 0 Å². The maximum Gasteiger partial charge on any atom is 0.0935 e. The topological polar surface area (TPSA) is 39.2 Å². The number of hydrogen-bond donors (Lipinski definition) is 1. The first-order valence-electron chi connectivity index (χ1n) is 3.38. The van der Waals surface area contributed by atoms with Gasteiger partial charge >= 0.3 is 0 Å². The summed E-state index contributed by atoms with van der Waals surface area (Å²) in [6.45, 7) is 4.00. The Kier molecular flexibility index (Phi) is 1.81. The van der Waals surface area contributed by atoms with Gasteiger partial charge < -0.3 is 10.2 Å². The van der Waals surface area contributed by atoms with Crippen LogP contribution in [0.2, 0.25) is 0 Å². The summed E-state index contributed by atoms with van der Waals surface area (Å²) in [7, 11) is 0. The molecular formula is C8H13NO. The van der Waals surface area contributed by atoms with E-state index in [1.54, 1.807) is 12.5 Å². The predicted molar refractivity (Wildman–Crippen MR) is 40.7 cm³/mol. The van der Waals surface area contributed by atoms with Gasteiger partial charge in [-0.2, -0.15) is 0 Å². The first kappa shape index (κ1) is 7.35. The molecule has 1 aromatic heterocycles. The lowest BCUT2D eigenvalue weighted by Crippen LogP contribution is -2.34. The van der Waals surface area contributed by atoms with Crippen molar-refractivity contribution < 1.29 is 4.42 Å². The summed E-state index contributed by atoms with van der Waals surface area (Å²) in [5.41, 5.74) is 6.81. The Hall–Kier alpha value is -0.760. The zero-order chi connectivity index (χ0) is 7.61. The lowest BCUT2D eigenvalue weighted by atomic mass is 9.98. The zero-order valence-electron chi connectivity index (χ0n) is 6.42. The predicted octanol–water partition coefficient (Wildman–Crippen LogP) is 1.56. The lowest BCUT2D eigenvalue weighted by molar-refractivity contribution is 0.507. The van der Waals surface area contributed by atoms with Crippen LogP contribution in [0.15, 0.2) is 23.0 Å².